The summed E-state index contributed by atoms with van der Waals surface area (Å²) in [6.07, 6.45) is 1.43. The highest BCUT2D eigenvalue weighted by molar-refractivity contribution is 6.39. The zero-order chi connectivity index (χ0) is 12.4. The van der Waals surface area contributed by atoms with E-state index in [0.29, 0.717) is 21.2 Å². The van der Waals surface area contributed by atoms with Crippen LogP contribution in [0.5, 0.6) is 0 Å². The number of hydrogen-bond acceptors (Lipinski definition) is 2. The molecule has 0 bridgehead atoms. The van der Waals surface area contributed by atoms with Crippen LogP contribution in [0.25, 0.3) is 11.1 Å². The van der Waals surface area contributed by atoms with Crippen LogP contribution in [0, 0.1) is 5.82 Å². The Balaban J connectivity index is 2.57. The number of rotatable bonds is 2. The molecule has 2 rings (SSSR count). The number of nitrogens with zero attached hydrogens (tertiary/aromatic N) is 1. The minimum atomic E-state index is -0.582. The summed E-state index contributed by atoms with van der Waals surface area (Å²) in [5.74, 6) is -0.582. The molecule has 0 fully saturated rings. The van der Waals surface area contributed by atoms with Gasteiger partial charge in [-0.05, 0) is 18.2 Å². The van der Waals surface area contributed by atoms with Crippen LogP contribution in [0.15, 0.2) is 30.5 Å². The van der Waals surface area contributed by atoms with Crippen LogP contribution in [0.4, 0.5) is 4.39 Å². The van der Waals surface area contributed by atoms with E-state index in [4.69, 9.17) is 28.3 Å². The molecule has 0 saturated heterocycles. The number of aliphatic hydroxyl groups excluding tert-OH is 1. The van der Waals surface area contributed by atoms with E-state index in [0.717, 1.165) is 0 Å². The molecule has 0 radical (unpaired) electrons. The van der Waals surface area contributed by atoms with Crippen molar-refractivity contribution >= 4 is 23.2 Å². The van der Waals surface area contributed by atoms with Gasteiger partial charge in [0.2, 0.25) is 0 Å². The van der Waals surface area contributed by atoms with E-state index in [9.17, 15) is 4.39 Å². The number of halogens is 3. The Morgan fingerprint density at radius 3 is 2.41 bits per heavy atom. The second kappa shape index (κ2) is 5.00. The first-order valence-electron chi connectivity index (χ1n) is 4.83. The maximum absolute atomic E-state index is 13.5. The highest BCUT2D eigenvalue weighted by atomic mass is 35.5. The zero-order valence-electron chi connectivity index (χ0n) is 8.62. The third kappa shape index (κ3) is 2.41. The quantitative estimate of drug-likeness (QED) is 0.904. The van der Waals surface area contributed by atoms with E-state index in [1.165, 1.54) is 12.3 Å². The summed E-state index contributed by atoms with van der Waals surface area (Å²) < 4.78 is 13.5. The van der Waals surface area contributed by atoms with E-state index in [1.54, 1.807) is 18.2 Å². The van der Waals surface area contributed by atoms with Gasteiger partial charge in [0.25, 0.3) is 0 Å². The first-order chi connectivity index (χ1) is 8.13. The van der Waals surface area contributed by atoms with Crippen LogP contribution in [0.3, 0.4) is 0 Å². The molecular formula is C12H8Cl2FNO. The molecule has 0 aliphatic heterocycles. The number of pyridine rings is 1. The summed E-state index contributed by atoms with van der Waals surface area (Å²) in [5, 5.41) is 9.69. The van der Waals surface area contributed by atoms with Crippen molar-refractivity contribution in [3.8, 4) is 11.1 Å². The van der Waals surface area contributed by atoms with E-state index in [-0.39, 0.29) is 5.69 Å². The van der Waals surface area contributed by atoms with Crippen LogP contribution < -0.4 is 0 Å². The maximum Gasteiger partial charge on any atom is 0.147 e. The van der Waals surface area contributed by atoms with Gasteiger partial charge in [0.05, 0.1) is 6.61 Å². The smallest absolute Gasteiger partial charge is 0.147 e. The molecule has 0 amide bonds. The highest BCUT2D eigenvalue weighted by Crippen LogP contribution is 2.34. The van der Waals surface area contributed by atoms with Gasteiger partial charge in [0.15, 0.2) is 0 Å². The van der Waals surface area contributed by atoms with Crippen molar-refractivity contribution < 1.29 is 9.50 Å². The number of hydrogen-bond donors (Lipinski definition) is 1. The number of aliphatic hydroxyl groups is 1. The summed E-state index contributed by atoms with van der Waals surface area (Å²) in [6.45, 7) is -0.442. The molecule has 0 aliphatic carbocycles. The fraction of sp³-hybridized carbons (Fsp3) is 0.0833. The lowest BCUT2D eigenvalue weighted by molar-refractivity contribution is 0.270. The van der Waals surface area contributed by atoms with E-state index >= 15 is 0 Å². The lowest BCUT2D eigenvalue weighted by Crippen LogP contribution is -1.95. The first kappa shape index (κ1) is 12.3. The molecule has 17 heavy (non-hydrogen) atoms. The molecular weight excluding hydrogens is 264 g/mol. The normalized spacial score (nSPS) is 10.6. The highest BCUT2D eigenvalue weighted by Gasteiger charge is 2.11. The Hall–Kier alpha value is -1.16. The second-order valence-electron chi connectivity index (χ2n) is 3.41. The fourth-order valence-electron chi connectivity index (χ4n) is 1.49. The molecule has 0 spiro atoms. The van der Waals surface area contributed by atoms with Gasteiger partial charge >= 0.3 is 0 Å². The summed E-state index contributed by atoms with van der Waals surface area (Å²) in [7, 11) is 0. The van der Waals surface area contributed by atoms with Gasteiger partial charge in [-0.1, -0.05) is 29.3 Å². The van der Waals surface area contributed by atoms with Crippen molar-refractivity contribution in [2.75, 3.05) is 0 Å². The van der Waals surface area contributed by atoms with Crippen molar-refractivity contribution in [1.29, 1.82) is 0 Å². The minimum absolute atomic E-state index is 0.00285. The van der Waals surface area contributed by atoms with Gasteiger partial charge in [-0.3, -0.25) is 4.98 Å². The van der Waals surface area contributed by atoms with Gasteiger partial charge in [-0.15, -0.1) is 0 Å². The Morgan fingerprint density at radius 2 is 1.88 bits per heavy atom. The van der Waals surface area contributed by atoms with Crippen molar-refractivity contribution in [1.82, 2.24) is 4.98 Å². The molecule has 2 aromatic rings. The van der Waals surface area contributed by atoms with Crippen LogP contribution in [0.1, 0.15) is 5.69 Å². The van der Waals surface area contributed by atoms with Crippen molar-refractivity contribution in [2.24, 2.45) is 0 Å². The monoisotopic (exact) mass is 271 g/mol. The minimum Gasteiger partial charge on any atom is -0.390 e. The molecule has 0 unspecified atom stereocenters. The Morgan fingerprint density at radius 1 is 1.24 bits per heavy atom. The summed E-state index contributed by atoms with van der Waals surface area (Å²) in [6, 6.07) is 6.30. The van der Waals surface area contributed by atoms with E-state index in [2.05, 4.69) is 4.98 Å². The molecule has 1 N–H and O–H groups in total. The average Bonchev–Trinajstić information content (AvgIpc) is 2.29. The predicted octanol–water partition coefficient (Wildman–Crippen LogP) is 3.69. The van der Waals surface area contributed by atoms with Crippen molar-refractivity contribution in [3.63, 3.8) is 0 Å². The summed E-state index contributed by atoms with van der Waals surface area (Å²) >= 11 is 12.0. The lowest BCUT2D eigenvalue weighted by atomic mass is 10.1. The van der Waals surface area contributed by atoms with Crippen molar-refractivity contribution in [2.45, 2.75) is 6.61 Å². The average molecular weight is 272 g/mol. The Bertz CT molecular complexity index is 540. The third-order valence-corrected chi connectivity index (χ3v) is 2.95. The van der Waals surface area contributed by atoms with Crippen molar-refractivity contribution in [3.05, 3.63) is 52.0 Å². The topological polar surface area (TPSA) is 33.1 Å². The third-order valence-electron chi connectivity index (χ3n) is 2.32. The van der Waals surface area contributed by atoms with E-state index < -0.39 is 12.4 Å². The zero-order valence-corrected chi connectivity index (χ0v) is 10.1. The molecule has 1 aromatic heterocycles. The van der Waals surface area contributed by atoms with Crippen LogP contribution in [-0.4, -0.2) is 10.1 Å². The lowest BCUT2D eigenvalue weighted by Gasteiger charge is -2.07. The second-order valence-corrected chi connectivity index (χ2v) is 4.22. The molecule has 2 nitrogen and oxygen atoms in total. The molecule has 1 heterocycles. The standard InChI is InChI=1S/C12H8Cl2FNO/c13-8-2-1-3-9(14)12(8)7-4-10(15)11(6-17)16-5-7/h1-5,17H,6H2. The van der Waals surface area contributed by atoms with Gasteiger partial charge < -0.3 is 5.11 Å². The SMILES string of the molecule is OCc1ncc(-c2c(Cl)cccc2Cl)cc1F. The molecule has 0 saturated carbocycles. The largest absolute Gasteiger partial charge is 0.390 e. The number of aromatic nitrogens is 1. The summed E-state index contributed by atoms with van der Waals surface area (Å²) in [4.78, 5) is 3.81. The van der Waals surface area contributed by atoms with Crippen LogP contribution in [-0.2, 0) is 6.61 Å². The first-order valence-corrected chi connectivity index (χ1v) is 5.58. The Kier molecular flexibility index (Phi) is 3.62. The molecule has 0 aliphatic rings. The summed E-state index contributed by atoms with van der Waals surface area (Å²) in [5.41, 5.74) is 1.01. The van der Waals surface area contributed by atoms with Gasteiger partial charge in [-0.25, -0.2) is 4.39 Å². The van der Waals surface area contributed by atoms with Crippen LogP contribution >= 0.6 is 23.2 Å². The van der Waals surface area contributed by atoms with Crippen LogP contribution in [0.2, 0.25) is 10.0 Å². The maximum atomic E-state index is 13.5. The van der Waals surface area contributed by atoms with E-state index in [1.807, 2.05) is 0 Å². The molecule has 1 aromatic carbocycles. The molecule has 88 valence electrons. The molecule has 0 atom stereocenters. The number of benzene rings is 1. The van der Waals surface area contributed by atoms with Gasteiger partial charge in [0.1, 0.15) is 11.5 Å². The fourth-order valence-corrected chi connectivity index (χ4v) is 2.11. The Labute approximate surface area is 108 Å². The van der Waals surface area contributed by atoms with Gasteiger partial charge in [-0.2, -0.15) is 0 Å². The van der Waals surface area contributed by atoms with Gasteiger partial charge in [0, 0.05) is 27.4 Å². The molecule has 5 heteroatoms. The predicted molar refractivity (Wildman–Crippen MR) is 65.6 cm³/mol.